The highest BCUT2D eigenvalue weighted by Gasteiger charge is 2.18. The second-order valence-corrected chi connectivity index (χ2v) is 7.70. The second kappa shape index (κ2) is 9.64. The van der Waals surface area contributed by atoms with Crippen LogP contribution in [0, 0.1) is 6.92 Å². The average Bonchev–Trinajstić information content (AvgIpc) is 2.71. The maximum absolute atomic E-state index is 12.4. The van der Waals surface area contributed by atoms with Crippen LogP contribution >= 0.6 is 0 Å². The predicted molar refractivity (Wildman–Crippen MR) is 113 cm³/mol. The van der Waals surface area contributed by atoms with Crippen molar-refractivity contribution in [2.24, 2.45) is 0 Å². The van der Waals surface area contributed by atoms with Gasteiger partial charge in [0.05, 0.1) is 17.8 Å². The van der Waals surface area contributed by atoms with E-state index in [1.807, 2.05) is 36.3 Å². The lowest BCUT2D eigenvalue weighted by molar-refractivity contribution is 0.0945. The molecule has 6 heteroatoms. The van der Waals surface area contributed by atoms with Crippen molar-refractivity contribution in [2.45, 2.75) is 45.2 Å². The third kappa shape index (κ3) is 5.29. The van der Waals surface area contributed by atoms with Crippen LogP contribution in [0.15, 0.2) is 36.7 Å². The van der Waals surface area contributed by atoms with E-state index < -0.39 is 0 Å². The Morgan fingerprint density at radius 3 is 2.86 bits per heavy atom. The summed E-state index contributed by atoms with van der Waals surface area (Å²) in [5.41, 5.74) is 2.79. The Hall–Kier alpha value is -2.47. The minimum atomic E-state index is -0.0549. The fraction of sp³-hybridized carbons (Fsp3) is 0.500. The van der Waals surface area contributed by atoms with Gasteiger partial charge in [-0.25, -0.2) is 4.98 Å². The molecule has 3 rings (SSSR count). The molecule has 0 bridgehead atoms. The van der Waals surface area contributed by atoms with Gasteiger partial charge < -0.3 is 15.1 Å². The van der Waals surface area contributed by atoms with E-state index in [-0.39, 0.29) is 5.91 Å². The maximum atomic E-state index is 12.4. The molecule has 2 aromatic rings. The van der Waals surface area contributed by atoms with E-state index in [1.165, 1.54) is 19.3 Å². The Balaban J connectivity index is 1.50. The van der Waals surface area contributed by atoms with Crippen LogP contribution < -0.4 is 10.2 Å². The molecule has 0 unspecified atom stereocenters. The molecule has 2 aromatic heterocycles. The normalized spacial score (nSPS) is 17.3. The summed E-state index contributed by atoms with van der Waals surface area (Å²) in [7, 11) is 4.16. The third-order valence-electron chi connectivity index (χ3n) is 5.59. The molecule has 1 aliphatic rings. The van der Waals surface area contributed by atoms with Gasteiger partial charge in [0.15, 0.2) is 0 Å². The van der Waals surface area contributed by atoms with Crippen molar-refractivity contribution in [1.29, 1.82) is 0 Å². The molecule has 28 heavy (non-hydrogen) atoms. The smallest absolute Gasteiger partial charge is 0.252 e. The first-order valence-corrected chi connectivity index (χ1v) is 10.1. The number of amides is 1. The zero-order valence-electron chi connectivity index (χ0n) is 17.2. The molecule has 0 radical (unpaired) electrons. The number of rotatable bonds is 7. The first-order chi connectivity index (χ1) is 13.5. The molecule has 0 saturated carbocycles. The number of piperidine rings is 1. The van der Waals surface area contributed by atoms with E-state index in [0.717, 1.165) is 30.0 Å². The quantitative estimate of drug-likeness (QED) is 0.799. The number of hydrogen-bond acceptors (Lipinski definition) is 5. The van der Waals surface area contributed by atoms with Crippen LogP contribution in [0.3, 0.4) is 0 Å². The summed E-state index contributed by atoms with van der Waals surface area (Å²) in [5.74, 6) is 0.770. The van der Waals surface area contributed by atoms with Crippen molar-refractivity contribution >= 4 is 11.7 Å². The van der Waals surface area contributed by atoms with Crippen molar-refractivity contribution in [2.75, 3.05) is 32.1 Å². The van der Waals surface area contributed by atoms with Gasteiger partial charge in [-0.05, 0) is 63.5 Å². The lowest BCUT2D eigenvalue weighted by Crippen LogP contribution is -2.39. The maximum Gasteiger partial charge on any atom is 0.252 e. The SMILES string of the molecule is Cc1cccnc1CN(C)c1ccc(C(=O)NCC[C@@H]2CCCCN2C)cn1. The molecule has 0 spiro atoms. The van der Waals surface area contributed by atoms with E-state index in [2.05, 4.69) is 40.2 Å². The standard InChI is InChI=1S/C22H31N5O/c1-17-7-6-12-23-20(17)16-27(3)21-10-9-18(15-25-21)22(28)24-13-11-19-8-4-5-14-26(19)2/h6-7,9-10,12,15,19H,4-5,8,11,13-14,16H2,1-3H3,(H,24,28)/t19-/m0/s1. The number of carbonyl (C=O) groups excluding carboxylic acids is 1. The number of aryl methyl sites for hydroxylation is 1. The molecule has 0 aliphatic carbocycles. The second-order valence-electron chi connectivity index (χ2n) is 7.70. The minimum Gasteiger partial charge on any atom is -0.354 e. The molecular weight excluding hydrogens is 350 g/mol. The molecular formula is C22H31N5O. The number of nitrogens with one attached hydrogen (secondary N) is 1. The Kier molecular flexibility index (Phi) is 6.98. The molecule has 1 atom stereocenters. The van der Waals surface area contributed by atoms with E-state index in [0.29, 0.717) is 24.7 Å². The average molecular weight is 382 g/mol. The Morgan fingerprint density at radius 1 is 1.29 bits per heavy atom. The zero-order valence-corrected chi connectivity index (χ0v) is 17.2. The van der Waals surface area contributed by atoms with Crippen LogP contribution in [-0.2, 0) is 6.54 Å². The molecule has 1 fully saturated rings. The van der Waals surface area contributed by atoms with E-state index in [9.17, 15) is 4.79 Å². The van der Waals surface area contributed by atoms with Crippen LogP contribution in [-0.4, -0.2) is 54.0 Å². The largest absolute Gasteiger partial charge is 0.354 e. The number of nitrogens with zero attached hydrogens (tertiary/aromatic N) is 4. The lowest BCUT2D eigenvalue weighted by atomic mass is 10.0. The van der Waals surface area contributed by atoms with Gasteiger partial charge >= 0.3 is 0 Å². The lowest BCUT2D eigenvalue weighted by Gasteiger charge is -2.32. The molecule has 1 N–H and O–H groups in total. The highest BCUT2D eigenvalue weighted by molar-refractivity contribution is 5.94. The zero-order chi connectivity index (χ0) is 19.9. The summed E-state index contributed by atoms with van der Waals surface area (Å²) in [6.07, 6.45) is 8.26. The molecule has 150 valence electrons. The van der Waals surface area contributed by atoms with Crippen molar-refractivity contribution in [3.63, 3.8) is 0 Å². The fourth-order valence-corrected chi connectivity index (χ4v) is 3.70. The molecule has 1 saturated heterocycles. The number of anilines is 1. The third-order valence-corrected chi connectivity index (χ3v) is 5.59. The van der Waals surface area contributed by atoms with Gasteiger partial charge in [-0.2, -0.15) is 0 Å². The summed E-state index contributed by atoms with van der Waals surface area (Å²) in [5, 5.41) is 3.03. The molecule has 6 nitrogen and oxygen atoms in total. The first-order valence-electron chi connectivity index (χ1n) is 10.1. The van der Waals surface area contributed by atoms with Crippen molar-refractivity contribution in [1.82, 2.24) is 20.2 Å². The Bertz CT molecular complexity index is 777. The fourth-order valence-electron chi connectivity index (χ4n) is 3.70. The number of likely N-dealkylation sites (tertiary alicyclic amines) is 1. The summed E-state index contributed by atoms with van der Waals surface area (Å²) >= 11 is 0. The molecule has 1 aliphatic heterocycles. The van der Waals surface area contributed by atoms with Gasteiger partial charge in [-0.3, -0.25) is 9.78 Å². The molecule has 3 heterocycles. The van der Waals surface area contributed by atoms with Gasteiger partial charge in [-0.15, -0.1) is 0 Å². The van der Waals surface area contributed by atoms with Crippen molar-refractivity contribution in [3.8, 4) is 0 Å². The highest BCUT2D eigenvalue weighted by Crippen LogP contribution is 2.17. The molecule has 1 amide bonds. The summed E-state index contributed by atoms with van der Waals surface area (Å²) in [4.78, 5) is 25.7. The number of aromatic nitrogens is 2. The predicted octanol–water partition coefficient (Wildman–Crippen LogP) is 3.03. The minimum absolute atomic E-state index is 0.0549. The van der Waals surface area contributed by atoms with E-state index in [4.69, 9.17) is 0 Å². The van der Waals surface area contributed by atoms with Crippen LogP contribution in [0.1, 0.15) is 47.3 Å². The monoisotopic (exact) mass is 381 g/mol. The van der Waals surface area contributed by atoms with Crippen LogP contribution in [0.25, 0.3) is 0 Å². The van der Waals surface area contributed by atoms with E-state index >= 15 is 0 Å². The first kappa shape index (κ1) is 20.3. The summed E-state index contributed by atoms with van der Waals surface area (Å²) in [6, 6.07) is 8.31. The molecule has 0 aromatic carbocycles. The number of pyridine rings is 2. The summed E-state index contributed by atoms with van der Waals surface area (Å²) in [6.45, 7) is 4.60. The van der Waals surface area contributed by atoms with E-state index in [1.54, 1.807) is 6.20 Å². The van der Waals surface area contributed by atoms with Crippen LogP contribution in [0.5, 0.6) is 0 Å². The van der Waals surface area contributed by atoms with Gasteiger partial charge in [-0.1, -0.05) is 12.5 Å². The van der Waals surface area contributed by atoms with Gasteiger partial charge in [0.1, 0.15) is 5.82 Å². The van der Waals surface area contributed by atoms with Crippen molar-refractivity contribution < 1.29 is 4.79 Å². The van der Waals surface area contributed by atoms with Gasteiger partial charge in [0.2, 0.25) is 0 Å². The summed E-state index contributed by atoms with van der Waals surface area (Å²) < 4.78 is 0. The topological polar surface area (TPSA) is 61.4 Å². The van der Waals surface area contributed by atoms with Gasteiger partial charge in [0.25, 0.3) is 5.91 Å². The van der Waals surface area contributed by atoms with Crippen LogP contribution in [0.4, 0.5) is 5.82 Å². The van der Waals surface area contributed by atoms with Crippen molar-refractivity contribution in [3.05, 3.63) is 53.5 Å². The number of carbonyl (C=O) groups is 1. The Morgan fingerprint density at radius 2 is 2.14 bits per heavy atom. The number of hydrogen-bond donors (Lipinski definition) is 1. The highest BCUT2D eigenvalue weighted by atomic mass is 16.1. The van der Waals surface area contributed by atoms with Crippen LogP contribution in [0.2, 0.25) is 0 Å². The van der Waals surface area contributed by atoms with Gasteiger partial charge in [0, 0.05) is 32.0 Å². The Labute approximate surface area is 168 Å².